The molecule has 1 unspecified atom stereocenters. The SMILES string of the molecule is CCC(C)(C)C(=O)OC(C(C)C)C(F)(F)C(F)(F)C(F)(F)F. The van der Waals surface area contributed by atoms with Crippen molar-refractivity contribution in [1.82, 2.24) is 0 Å². The van der Waals surface area contributed by atoms with Crippen LogP contribution in [-0.2, 0) is 9.53 Å². The second-order valence-electron chi connectivity index (χ2n) is 6.00. The summed E-state index contributed by atoms with van der Waals surface area (Å²) in [5, 5.41) is 0. The second kappa shape index (κ2) is 6.23. The zero-order valence-electron chi connectivity index (χ0n) is 12.8. The van der Waals surface area contributed by atoms with Gasteiger partial charge in [-0.15, -0.1) is 0 Å². The van der Waals surface area contributed by atoms with Gasteiger partial charge in [-0.25, -0.2) is 0 Å². The van der Waals surface area contributed by atoms with Crippen molar-refractivity contribution in [2.24, 2.45) is 11.3 Å². The van der Waals surface area contributed by atoms with Crippen molar-refractivity contribution in [3.05, 3.63) is 0 Å². The molecule has 0 amide bonds. The maximum absolute atomic E-state index is 13.7. The molecule has 0 rings (SSSR count). The number of carbonyl (C=O) groups is 1. The van der Waals surface area contributed by atoms with E-state index in [0.29, 0.717) is 0 Å². The fourth-order valence-electron chi connectivity index (χ4n) is 1.42. The molecular formula is C13H19F7O2. The van der Waals surface area contributed by atoms with Crippen LogP contribution in [0.15, 0.2) is 0 Å². The molecule has 0 radical (unpaired) electrons. The summed E-state index contributed by atoms with van der Waals surface area (Å²) in [5.74, 6) is -14.6. The zero-order chi connectivity index (χ0) is 18.1. The summed E-state index contributed by atoms with van der Waals surface area (Å²) in [6.45, 7) is 6.09. The van der Waals surface area contributed by atoms with E-state index in [-0.39, 0.29) is 6.42 Å². The van der Waals surface area contributed by atoms with Crippen LogP contribution in [0.3, 0.4) is 0 Å². The standard InChI is InChI=1S/C13H19F7O2/c1-6-10(4,5)9(21)22-8(7(2)3)11(14,15)12(16,17)13(18,19)20/h7-8H,6H2,1-5H3. The largest absolute Gasteiger partial charge is 0.460 e. The summed E-state index contributed by atoms with van der Waals surface area (Å²) in [6, 6.07) is 0. The number of alkyl halides is 7. The number of ether oxygens (including phenoxy) is 1. The minimum atomic E-state index is -6.46. The fourth-order valence-corrected chi connectivity index (χ4v) is 1.42. The molecule has 0 saturated heterocycles. The smallest absolute Gasteiger partial charge is 0.455 e. The van der Waals surface area contributed by atoms with Crippen molar-refractivity contribution in [2.45, 2.75) is 65.2 Å². The van der Waals surface area contributed by atoms with Gasteiger partial charge in [0.05, 0.1) is 5.41 Å². The zero-order valence-corrected chi connectivity index (χ0v) is 12.8. The topological polar surface area (TPSA) is 26.3 Å². The van der Waals surface area contributed by atoms with Gasteiger partial charge in [0.15, 0.2) is 6.10 Å². The number of hydrogen-bond donors (Lipinski definition) is 0. The second-order valence-corrected chi connectivity index (χ2v) is 6.00. The first-order valence-electron chi connectivity index (χ1n) is 6.55. The van der Waals surface area contributed by atoms with E-state index in [4.69, 9.17) is 0 Å². The molecule has 0 spiro atoms. The Morgan fingerprint density at radius 3 is 1.68 bits per heavy atom. The highest BCUT2D eigenvalue weighted by Crippen LogP contribution is 2.50. The average molecular weight is 340 g/mol. The minimum absolute atomic E-state index is 0.137. The van der Waals surface area contributed by atoms with E-state index < -0.39 is 41.4 Å². The van der Waals surface area contributed by atoms with Crippen LogP contribution in [0, 0.1) is 11.3 Å². The Kier molecular flexibility index (Phi) is 5.94. The van der Waals surface area contributed by atoms with Gasteiger partial charge in [0.2, 0.25) is 0 Å². The first kappa shape index (κ1) is 21.0. The van der Waals surface area contributed by atoms with Crippen LogP contribution in [0.25, 0.3) is 0 Å². The Bertz CT molecular complexity index is 400. The van der Waals surface area contributed by atoms with Crippen molar-refractivity contribution >= 4 is 5.97 Å². The predicted octanol–water partition coefficient (Wildman–Crippen LogP) is 4.82. The van der Waals surface area contributed by atoms with Gasteiger partial charge in [-0.1, -0.05) is 20.8 Å². The third-order valence-corrected chi connectivity index (χ3v) is 3.41. The maximum Gasteiger partial charge on any atom is 0.460 e. The summed E-state index contributed by atoms with van der Waals surface area (Å²) in [4.78, 5) is 11.8. The molecule has 0 aromatic rings. The Labute approximate surface area is 124 Å². The molecule has 22 heavy (non-hydrogen) atoms. The van der Waals surface area contributed by atoms with Crippen molar-refractivity contribution in [1.29, 1.82) is 0 Å². The molecule has 0 aromatic carbocycles. The molecule has 0 aliphatic rings. The average Bonchev–Trinajstić information content (AvgIpc) is 2.33. The maximum atomic E-state index is 13.7. The Balaban J connectivity index is 5.65. The summed E-state index contributed by atoms with van der Waals surface area (Å²) >= 11 is 0. The van der Waals surface area contributed by atoms with Crippen molar-refractivity contribution in [3.8, 4) is 0 Å². The first-order valence-corrected chi connectivity index (χ1v) is 6.55. The summed E-state index contributed by atoms with van der Waals surface area (Å²) in [5.41, 5.74) is -1.28. The monoisotopic (exact) mass is 340 g/mol. The predicted molar refractivity (Wildman–Crippen MR) is 64.7 cm³/mol. The van der Waals surface area contributed by atoms with Crippen LogP contribution in [0.2, 0.25) is 0 Å². The van der Waals surface area contributed by atoms with Gasteiger partial charge in [-0.2, -0.15) is 30.7 Å². The molecule has 0 N–H and O–H groups in total. The number of halogens is 7. The normalized spacial score (nSPS) is 15.9. The van der Waals surface area contributed by atoms with E-state index in [1.807, 2.05) is 0 Å². The highest BCUT2D eigenvalue weighted by atomic mass is 19.4. The molecule has 0 fully saturated rings. The molecule has 1 atom stereocenters. The van der Waals surface area contributed by atoms with Gasteiger partial charge < -0.3 is 4.74 Å². The van der Waals surface area contributed by atoms with Crippen LogP contribution >= 0.6 is 0 Å². The van der Waals surface area contributed by atoms with Crippen LogP contribution in [0.1, 0.15) is 41.0 Å². The van der Waals surface area contributed by atoms with E-state index in [2.05, 4.69) is 4.74 Å². The van der Waals surface area contributed by atoms with E-state index in [1.54, 1.807) is 0 Å². The van der Waals surface area contributed by atoms with Crippen LogP contribution in [0.4, 0.5) is 30.7 Å². The van der Waals surface area contributed by atoms with Gasteiger partial charge in [-0.3, -0.25) is 4.79 Å². The summed E-state index contributed by atoms with van der Waals surface area (Å²) in [6.07, 6.45) is -9.23. The number of esters is 1. The van der Waals surface area contributed by atoms with Gasteiger partial charge in [0.25, 0.3) is 0 Å². The molecule has 0 aliphatic heterocycles. The van der Waals surface area contributed by atoms with E-state index >= 15 is 0 Å². The molecule has 0 heterocycles. The summed E-state index contributed by atoms with van der Waals surface area (Å²) in [7, 11) is 0. The lowest BCUT2D eigenvalue weighted by molar-refractivity contribution is -0.374. The van der Waals surface area contributed by atoms with Gasteiger partial charge in [-0.05, 0) is 26.2 Å². The Morgan fingerprint density at radius 2 is 1.41 bits per heavy atom. The molecule has 2 nitrogen and oxygen atoms in total. The highest BCUT2D eigenvalue weighted by molar-refractivity contribution is 5.76. The lowest BCUT2D eigenvalue weighted by Crippen LogP contribution is -2.60. The fraction of sp³-hybridized carbons (Fsp3) is 0.923. The van der Waals surface area contributed by atoms with E-state index in [9.17, 15) is 35.5 Å². The quantitative estimate of drug-likeness (QED) is 0.512. The molecule has 0 saturated carbocycles. The summed E-state index contributed by atoms with van der Waals surface area (Å²) < 4.78 is 94.6. The van der Waals surface area contributed by atoms with Crippen molar-refractivity contribution in [3.63, 3.8) is 0 Å². The third kappa shape index (κ3) is 3.84. The molecule has 0 aliphatic carbocycles. The number of carbonyl (C=O) groups excluding carboxylic acids is 1. The van der Waals surface area contributed by atoms with Gasteiger partial charge in [0.1, 0.15) is 0 Å². The molecule has 132 valence electrons. The van der Waals surface area contributed by atoms with Gasteiger partial charge >= 0.3 is 24.0 Å². The van der Waals surface area contributed by atoms with Crippen molar-refractivity contribution < 1.29 is 40.3 Å². The number of rotatable bonds is 6. The minimum Gasteiger partial charge on any atom is -0.455 e. The van der Waals surface area contributed by atoms with Crippen molar-refractivity contribution in [2.75, 3.05) is 0 Å². The molecule has 0 aromatic heterocycles. The first-order chi connectivity index (χ1) is 9.52. The Hall–Kier alpha value is -1.02. The lowest BCUT2D eigenvalue weighted by Gasteiger charge is -2.36. The Morgan fingerprint density at radius 1 is 1.00 bits per heavy atom. The highest BCUT2D eigenvalue weighted by Gasteiger charge is 2.76. The molecule has 9 heteroatoms. The third-order valence-electron chi connectivity index (χ3n) is 3.41. The van der Waals surface area contributed by atoms with Crippen LogP contribution in [0.5, 0.6) is 0 Å². The lowest BCUT2D eigenvalue weighted by atomic mass is 9.89. The van der Waals surface area contributed by atoms with Crippen LogP contribution in [-0.4, -0.2) is 30.1 Å². The molecular weight excluding hydrogens is 321 g/mol. The van der Waals surface area contributed by atoms with E-state index in [1.165, 1.54) is 20.8 Å². The van der Waals surface area contributed by atoms with Gasteiger partial charge in [0, 0.05) is 0 Å². The molecule has 0 bridgehead atoms. The number of hydrogen-bond acceptors (Lipinski definition) is 2. The van der Waals surface area contributed by atoms with E-state index in [0.717, 1.165) is 13.8 Å². The van der Waals surface area contributed by atoms with Crippen LogP contribution < -0.4 is 0 Å².